The Morgan fingerprint density at radius 2 is 2.22 bits per heavy atom. The van der Waals surface area contributed by atoms with E-state index in [1.165, 1.54) is 0 Å². The monoisotopic (exact) mass is 261 g/mol. The molecule has 0 aliphatic rings. The molecule has 1 N–H and O–H groups in total. The van der Waals surface area contributed by atoms with Gasteiger partial charge in [0, 0.05) is 0 Å². The standard InChI is InChI=1S/C13H12ClN3O/c1-8-9(2)18-13(17-8)7-16-12-5-3-4-11(14)10(12)6-15/h3-5,16H,7H2,1-2H3. The van der Waals surface area contributed by atoms with Gasteiger partial charge in [-0.3, -0.25) is 0 Å². The molecule has 1 aromatic heterocycles. The summed E-state index contributed by atoms with van der Waals surface area (Å²) < 4.78 is 5.45. The average molecular weight is 262 g/mol. The number of hydrogen-bond acceptors (Lipinski definition) is 4. The molecule has 4 nitrogen and oxygen atoms in total. The van der Waals surface area contributed by atoms with E-state index in [4.69, 9.17) is 21.3 Å². The van der Waals surface area contributed by atoms with Crippen molar-refractivity contribution in [2.24, 2.45) is 0 Å². The number of nitrogens with zero attached hydrogens (tertiary/aromatic N) is 2. The number of rotatable bonds is 3. The zero-order chi connectivity index (χ0) is 13.1. The molecule has 0 unspecified atom stereocenters. The molecular weight excluding hydrogens is 250 g/mol. The van der Waals surface area contributed by atoms with Crippen molar-refractivity contribution in [2.75, 3.05) is 5.32 Å². The van der Waals surface area contributed by atoms with Crippen molar-refractivity contribution < 1.29 is 4.42 Å². The number of aromatic nitrogens is 1. The van der Waals surface area contributed by atoms with Gasteiger partial charge in [-0.1, -0.05) is 17.7 Å². The first-order chi connectivity index (χ1) is 8.61. The Labute approximate surface area is 110 Å². The van der Waals surface area contributed by atoms with Crippen molar-refractivity contribution in [3.8, 4) is 6.07 Å². The molecule has 0 aliphatic heterocycles. The fourth-order valence-corrected chi connectivity index (χ4v) is 1.79. The van der Waals surface area contributed by atoms with Crippen molar-refractivity contribution in [1.29, 1.82) is 5.26 Å². The van der Waals surface area contributed by atoms with Crippen LogP contribution in [0.5, 0.6) is 0 Å². The van der Waals surface area contributed by atoms with Crippen LogP contribution >= 0.6 is 11.6 Å². The summed E-state index contributed by atoms with van der Waals surface area (Å²) in [6.07, 6.45) is 0. The molecule has 18 heavy (non-hydrogen) atoms. The van der Waals surface area contributed by atoms with E-state index in [2.05, 4.69) is 16.4 Å². The van der Waals surface area contributed by atoms with Crippen LogP contribution in [-0.4, -0.2) is 4.98 Å². The highest BCUT2D eigenvalue weighted by Crippen LogP contribution is 2.23. The Bertz CT molecular complexity index is 594. The molecule has 2 aromatic rings. The third kappa shape index (κ3) is 2.47. The Morgan fingerprint density at radius 3 is 2.83 bits per heavy atom. The normalized spacial score (nSPS) is 10.1. The van der Waals surface area contributed by atoms with E-state index in [0.717, 1.165) is 11.5 Å². The maximum atomic E-state index is 9.03. The fraction of sp³-hybridized carbons (Fsp3) is 0.231. The number of oxazole rings is 1. The summed E-state index contributed by atoms with van der Waals surface area (Å²) in [5.41, 5.74) is 1.98. The van der Waals surface area contributed by atoms with E-state index in [1.807, 2.05) is 13.8 Å². The van der Waals surface area contributed by atoms with Gasteiger partial charge in [-0.25, -0.2) is 4.98 Å². The quantitative estimate of drug-likeness (QED) is 0.919. The maximum absolute atomic E-state index is 9.03. The smallest absolute Gasteiger partial charge is 0.213 e. The first-order valence-corrected chi connectivity index (χ1v) is 5.85. The molecule has 0 atom stereocenters. The van der Waals surface area contributed by atoms with Crippen LogP contribution in [0.25, 0.3) is 0 Å². The van der Waals surface area contributed by atoms with Crippen LogP contribution in [0, 0.1) is 25.2 Å². The van der Waals surface area contributed by atoms with Crippen LogP contribution in [0.4, 0.5) is 5.69 Å². The van der Waals surface area contributed by atoms with Gasteiger partial charge >= 0.3 is 0 Å². The van der Waals surface area contributed by atoms with Crippen LogP contribution in [0.3, 0.4) is 0 Å². The SMILES string of the molecule is Cc1nc(CNc2cccc(Cl)c2C#N)oc1C. The van der Waals surface area contributed by atoms with Crippen LogP contribution in [-0.2, 0) is 6.54 Å². The number of benzene rings is 1. The molecule has 0 saturated carbocycles. The summed E-state index contributed by atoms with van der Waals surface area (Å²) in [4.78, 5) is 4.26. The molecule has 1 aromatic carbocycles. The number of aryl methyl sites for hydroxylation is 2. The lowest BCUT2D eigenvalue weighted by Gasteiger charge is -2.06. The third-order valence-electron chi connectivity index (χ3n) is 2.63. The van der Waals surface area contributed by atoms with Crippen LogP contribution in [0.2, 0.25) is 5.02 Å². The number of nitriles is 1. The Morgan fingerprint density at radius 1 is 1.44 bits per heavy atom. The van der Waals surface area contributed by atoms with E-state index in [9.17, 15) is 0 Å². The van der Waals surface area contributed by atoms with Gasteiger partial charge in [-0.05, 0) is 26.0 Å². The molecule has 5 heteroatoms. The maximum Gasteiger partial charge on any atom is 0.213 e. The lowest BCUT2D eigenvalue weighted by molar-refractivity contribution is 0.478. The molecule has 0 spiro atoms. The highest BCUT2D eigenvalue weighted by molar-refractivity contribution is 6.32. The van der Waals surface area contributed by atoms with Crippen molar-refractivity contribution in [3.05, 3.63) is 46.1 Å². The highest BCUT2D eigenvalue weighted by atomic mass is 35.5. The van der Waals surface area contributed by atoms with Crippen LogP contribution in [0.1, 0.15) is 22.9 Å². The molecule has 2 rings (SSSR count). The lowest BCUT2D eigenvalue weighted by Crippen LogP contribution is -2.01. The Hall–Kier alpha value is -1.99. The summed E-state index contributed by atoms with van der Waals surface area (Å²) in [5, 5.41) is 12.6. The number of anilines is 1. The minimum atomic E-state index is 0.420. The summed E-state index contributed by atoms with van der Waals surface area (Å²) in [5.74, 6) is 1.40. The zero-order valence-electron chi connectivity index (χ0n) is 10.1. The topological polar surface area (TPSA) is 61.9 Å². The number of hydrogen-bond donors (Lipinski definition) is 1. The van der Waals surface area contributed by atoms with E-state index >= 15 is 0 Å². The fourth-order valence-electron chi connectivity index (χ4n) is 1.57. The minimum absolute atomic E-state index is 0.420. The second-order valence-electron chi connectivity index (χ2n) is 3.88. The largest absolute Gasteiger partial charge is 0.444 e. The summed E-state index contributed by atoms with van der Waals surface area (Å²) in [7, 11) is 0. The molecular formula is C13H12ClN3O. The third-order valence-corrected chi connectivity index (χ3v) is 2.94. The van der Waals surface area contributed by atoms with E-state index < -0.39 is 0 Å². The van der Waals surface area contributed by atoms with Gasteiger partial charge in [0.25, 0.3) is 0 Å². The van der Waals surface area contributed by atoms with E-state index in [0.29, 0.717) is 28.7 Å². The van der Waals surface area contributed by atoms with Crippen molar-refractivity contribution in [1.82, 2.24) is 4.98 Å². The average Bonchev–Trinajstić information content (AvgIpc) is 2.66. The molecule has 0 saturated heterocycles. The van der Waals surface area contributed by atoms with Gasteiger partial charge in [0.1, 0.15) is 11.8 Å². The van der Waals surface area contributed by atoms with Crippen molar-refractivity contribution in [3.63, 3.8) is 0 Å². The molecule has 0 fully saturated rings. The predicted octanol–water partition coefficient (Wildman–Crippen LogP) is 3.43. The summed E-state index contributed by atoms with van der Waals surface area (Å²) >= 11 is 5.94. The molecule has 0 radical (unpaired) electrons. The summed E-state index contributed by atoms with van der Waals surface area (Å²) in [6, 6.07) is 7.34. The lowest BCUT2D eigenvalue weighted by atomic mass is 10.2. The number of halogens is 1. The van der Waals surface area contributed by atoms with Crippen LogP contribution < -0.4 is 5.32 Å². The zero-order valence-corrected chi connectivity index (χ0v) is 10.9. The predicted molar refractivity (Wildman–Crippen MR) is 69.5 cm³/mol. The molecule has 0 aliphatic carbocycles. The van der Waals surface area contributed by atoms with Gasteiger partial charge in [0.2, 0.25) is 5.89 Å². The van der Waals surface area contributed by atoms with Gasteiger partial charge in [-0.15, -0.1) is 0 Å². The molecule has 0 bridgehead atoms. The molecule has 0 amide bonds. The second-order valence-corrected chi connectivity index (χ2v) is 4.28. The second kappa shape index (κ2) is 5.11. The van der Waals surface area contributed by atoms with Gasteiger partial charge in [0.05, 0.1) is 28.5 Å². The van der Waals surface area contributed by atoms with Gasteiger partial charge in [0.15, 0.2) is 0 Å². The first kappa shape index (κ1) is 12.5. The van der Waals surface area contributed by atoms with Gasteiger partial charge in [-0.2, -0.15) is 5.26 Å². The first-order valence-electron chi connectivity index (χ1n) is 5.47. The molecule has 1 heterocycles. The molecule has 92 valence electrons. The summed E-state index contributed by atoms with van der Waals surface area (Å²) in [6.45, 7) is 4.18. The Balaban J connectivity index is 2.16. The van der Waals surface area contributed by atoms with E-state index in [-0.39, 0.29) is 0 Å². The minimum Gasteiger partial charge on any atom is -0.444 e. The Kier molecular flexibility index (Phi) is 3.54. The number of nitrogens with one attached hydrogen (secondary N) is 1. The van der Waals surface area contributed by atoms with E-state index in [1.54, 1.807) is 18.2 Å². The highest BCUT2D eigenvalue weighted by Gasteiger charge is 2.08. The van der Waals surface area contributed by atoms with Crippen LogP contribution in [0.15, 0.2) is 22.6 Å². The van der Waals surface area contributed by atoms with Crippen molar-refractivity contribution >= 4 is 17.3 Å². The van der Waals surface area contributed by atoms with Crippen molar-refractivity contribution in [2.45, 2.75) is 20.4 Å². The van der Waals surface area contributed by atoms with Gasteiger partial charge < -0.3 is 9.73 Å².